The van der Waals surface area contributed by atoms with Crippen molar-refractivity contribution in [1.82, 2.24) is 4.90 Å². The second kappa shape index (κ2) is 5.60. The van der Waals surface area contributed by atoms with Gasteiger partial charge in [-0.2, -0.15) is 0 Å². The lowest BCUT2D eigenvalue weighted by Gasteiger charge is -2.33. The number of fused-ring (bicyclic) bond motifs is 1. The molecule has 3 nitrogen and oxygen atoms in total. The van der Waals surface area contributed by atoms with Gasteiger partial charge in [-0.05, 0) is 54.7 Å². The molecule has 0 spiro atoms. The summed E-state index contributed by atoms with van der Waals surface area (Å²) in [5, 5.41) is 0. The first-order chi connectivity index (χ1) is 10.2. The molecule has 0 saturated heterocycles. The van der Waals surface area contributed by atoms with E-state index in [0.717, 1.165) is 19.3 Å². The van der Waals surface area contributed by atoms with E-state index in [2.05, 4.69) is 24.3 Å². The van der Waals surface area contributed by atoms with Gasteiger partial charge in [0, 0.05) is 18.3 Å². The maximum atomic E-state index is 12.7. The third-order valence-electron chi connectivity index (χ3n) is 4.28. The summed E-state index contributed by atoms with van der Waals surface area (Å²) in [4.78, 5) is 14.5. The Bertz CT molecular complexity index is 649. The second-order valence-corrected chi connectivity index (χ2v) is 5.64. The highest BCUT2D eigenvalue weighted by atomic mass is 16.2. The minimum absolute atomic E-state index is 0.0525. The molecule has 1 aliphatic carbocycles. The summed E-state index contributed by atoms with van der Waals surface area (Å²) in [6.45, 7) is 0. The van der Waals surface area contributed by atoms with E-state index in [1.54, 1.807) is 24.3 Å². The summed E-state index contributed by atoms with van der Waals surface area (Å²) < 4.78 is 0. The Balaban J connectivity index is 1.87. The Kier molecular flexibility index (Phi) is 3.65. The van der Waals surface area contributed by atoms with Gasteiger partial charge in [-0.3, -0.25) is 4.79 Å². The predicted octanol–water partition coefficient (Wildman–Crippen LogP) is 3.42. The smallest absolute Gasteiger partial charge is 0.254 e. The molecule has 0 aromatic heterocycles. The molecule has 1 amide bonds. The van der Waals surface area contributed by atoms with Gasteiger partial charge in [-0.1, -0.05) is 24.3 Å². The van der Waals surface area contributed by atoms with Crippen LogP contribution in [0.1, 0.15) is 40.4 Å². The molecular formula is C18H20N2O. The standard InChI is InChI=1S/C18H20N2O/c1-20(18(21)14-9-11-15(19)12-10-14)17-8-4-6-13-5-2-3-7-16(13)17/h2-3,5,7,9-12,17H,4,6,8,19H2,1H3. The zero-order valence-corrected chi connectivity index (χ0v) is 12.3. The van der Waals surface area contributed by atoms with Gasteiger partial charge in [-0.15, -0.1) is 0 Å². The first-order valence-electron chi connectivity index (χ1n) is 7.37. The van der Waals surface area contributed by atoms with Gasteiger partial charge in [0.05, 0.1) is 6.04 Å². The van der Waals surface area contributed by atoms with Gasteiger partial charge in [0.15, 0.2) is 0 Å². The number of carbonyl (C=O) groups is 1. The highest BCUT2D eigenvalue weighted by Crippen LogP contribution is 2.34. The molecule has 1 atom stereocenters. The number of hydrogen-bond donors (Lipinski definition) is 1. The van der Waals surface area contributed by atoms with Gasteiger partial charge >= 0.3 is 0 Å². The van der Waals surface area contributed by atoms with Crippen molar-refractivity contribution in [1.29, 1.82) is 0 Å². The monoisotopic (exact) mass is 280 g/mol. The first-order valence-corrected chi connectivity index (χ1v) is 7.37. The van der Waals surface area contributed by atoms with Crippen LogP contribution in [0.2, 0.25) is 0 Å². The van der Waals surface area contributed by atoms with Crippen LogP contribution in [0, 0.1) is 0 Å². The lowest BCUT2D eigenvalue weighted by Crippen LogP contribution is -2.33. The molecule has 0 aliphatic heterocycles. The molecule has 2 aromatic rings. The fraction of sp³-hybridized carbons (Fsp3) is 0.278. The summed E-state index contributed by atoms with van der Waals surface area (Å²) in [6.07, 6.45) is 3.26. The molecule has 2 aromatic carbocycles. The molecular weight excluding hydrogens is 260 g/mol. The molecule has 0 fully saturated rings. The van der Waals surface area contributed by atoms with Gasteiger partial charge in [0.2, 0.25) is 0 Å². The van der Waals surface area contributed by atoms with Crippen LogP contribution in [0.25, 0.3) is 0 Å². The Labute approximate surface area is 125 Å². The lowest BCUT2D eigenvalue weighted by molar-refractivity contribution is 0.0715. The minimum Gasteiger partial charge on any atom is -0.399 e. The summed E-state index contributed by atoms with van der Waals surface area (Å²) >= 11 is 0. The minimum atomic E-state index is 0.0525. The molecule has 21 heavy (non-hydrogen) atoms. The van der Waals surface area contributed by atoms with Crippen LogP contribution in [0.15, 0.2) is 48.5 Å². The highest BCUT2D eigenvalue weighted by molar-refractivity contribution is 5.94. The Hall–Kier alpha value is -2.29. The van der Waals surface area contributed by atoms with Crippen molar-refractivity contribution in [2.24, 2.45) is 0 Å². The molecule has 2 N–H and O–H groups in total. The number of aryl methyl sites for hydroxylation is 1. The van der Waals surface area contributed by atoms with Crippen molar-refractivity contribution in [3.05, 3.63) is 65.2 Å². The largest absolute Gasteiger partial charge is 0.399 e. The van der Waals surface area contributed by atoms with Crippen LogP contribution >= 0.6 is 0 Å². The van der Waals surface area contributed by atoms with E-state index in [4.69, 9.17) is 5.73 Å². The SMILES string of the molecule is CN(C(=O)c1ccc(N)cc1)C1CCCc2ccccc21. The average Bonchev–Trinajstić information content (AvgIpc) is 2.53. The van der Waals surface area contributed by atoms with Crippen molar-refractivity contribution < 1.29 is 4.79 Å². The molecule has 3 rings (SSSR count). The topological polar surface area (TPSA) is 46.3 Å². The van der Waals surface area contributed by atoms with E-state index >= 15 is 0 Å². The third-order valence-corrected chi connectivity index (χ3v) is 4.28. The van der Waals surface area contributed by atoms with E-state index < -0.39 is 0 Å². The third kappa shape index (κ3) is 2.64. The van der Waals surface area contributed by atoms with Crippen molar-refractivity contribution >= 4 is 11.6 Å². The van der Waals surface area contributed by atoms with Gasteiger partial charge in [0.1, 0.15) is 0 Å². The normalized spacial score (nSPS) is 17.1. The number of benzene rings is 2. The Morgan fingerprint density at radius 1 is 1.14 bits per heavy atom. The van der Waals surface area contributed by atoms with Gasteiger partial charge in [0.25, 0.3) is 5.91 Å². The van der Waals surface area contributed by atoms with Crippen LogP contribution in [0.5, 0.6) is 0 Å². The number of nitrogen functional groups attached to an aromatic ring is 1. The molecule has 1 aliphatic rings. The number of nitrogens with two attached hydrogens (primary N) is 1. The Morgan fingerprint density at radius 2 is 1.86 bits per heavy atom. The van der Waals surface area contributed by atoms with Gasteiger partial charge in [-0.25, -0.2) is 0 Å². The highest BCUT2D eigenvalue weighted by Gasteiger charge is 2.26. The summed E-state index contributed by atoms with van der Waals surface area (Å²) in [7, 11) is 1.89. The molecule has 0 radical (unpaired) electrons. The molecule has 0 saturated carbocycles. The number of nitrogens with zero attached hydrogens (tertiary/aromatic N) is 1. The molecule has 108 valence electrons. The maximum Gasteiger partial charge on any atom is 0.254 e. The van der Waals surface area contributed by atoms with Crippen LogP contribution in [0.3, 0.4) is 0 Å². The van der Waals surface area contributed by atoms with E-state index in [0.29, 0.717) is 11.3 Å². The van der Waals surface area contributed by atoms with E-state index in [9.17, 15) is 4.79 Å². The zero-order valence-electron chi connectivity index (χ0n) is 12.3. The van der Waals surface area contributed by atoms with E-state index in [1.165, 1.54) is 11.1 Å². The number of carbonyl (C=O) groups excluding carboxylic acids is 1. The van der Waals surface area contributed by atoms with Gasteiger partial charge < -0.3 is 10.6 Å². The van der Waals surface area contributed by atoms with Crippen LogP contribution in [-0.2, 0) is 6.42 Å². The predicted molar refractivity (Wildman–Crippen MR) is 85.1 cm³/mol. The molecule has 1 unspecified atom stereocenters. The second-order valence-electron chi connectivity index (χ2n) is 5.64. The number of amides is 1. The van der Waals surface area contributed by atoms with Crippen molar-refractivity contribution in [3.63, 3.8) is 0 Å². The van der Waals surface area contributed by atoms with Crippen LogP contribution < -0.4 is 5.73 Å². The molecule has 0 bridgehead atoms. The van der Waals surface area contributed by atoms with E-state index in [1.807, 2.05) is 11.9 Å². The number of rotatable bonds is 2. The fourth-order valence-electron chi connectivity index (χ4n) is 3.10. The Morgan fingerprint density at radius 3 is 2.62 bits per heavy atom. The number of hydrogen-bond acceptors (Lipinski definition) is 2. The molecule has 0 heterocycles. The maximum absolute atomic E-state index is 12.7. The molecule has 3 heteroatoms. The first kappa shape index (κ1) is 13.7. The average molecular weight is 280 g/mol. The van der Waals surface area contributed by atoms with Crippen molar-refractivity contribution in [3.8, 4) is 0 Å². The summed E-state index contributed by atoms with van der Waals surface area (Å²) in [6, 6.07) is 15.7. The summed E-state index contributed by atoms with van der Waals surface area (Å²) in [5.41, 5.74) is 9.71. The van der Waals surface area contributed by atoms with Crippen molar-refractivity contribution in [2.75, 3.05) is 12.8 Å². The van der Waals surface area contributed by atoms with Crippen LogP contribution in [-0.4, -0.2) is 17.9 Å². The lowest BCUT2D eigenvalue weighted by atomic mass is 9.87. The van der Waals surface area contributed by atoms with E-state index in [-0.39, 0.29) is 11.9 Å². The number of anilines is 1. The zero-order chi connectivity index (χ0) is 14.8. The van der Waals surface area contributed by atoms with Crippen molar-refractivity contribution in [2.45, 2.75) is 25.3 Å². The van der Waals surface area contributed by atoms with Crippen LogP contribution in [0.4, 0.5) is 5.69 Å². The quantitative estimate of drug-likeness (QED) is 0.857. The summed E-state index contributed by atoms with van der Waals surface area (Å²) in [5.74, 6) is 0.0525. The fourth-order valence-corrected chi connectivity index (χ4v) is 3.10.